The summed E-state index contributed by atoms with van der Waals surface area (Å²) in [5.41, 5.74) is 5.16. The van der Waals surface area contributed by atoms with Gasteiger partial charge in [0.2, 0.25) is 5.91 Å². The van der Waals surface area contributed by atoms with Gasteiger partial charge in [-0.2, -0.15) is 0 Å². The predicted molar refractivity (Wildman–Crippen MR) is 104 cm³/mol. The number of carbonyl (C=O) groups excluding carboxylic acids is 1. The zero-order valence-corrected chi connectivity index (χ0v) is 16.1. The first-order valence-electron chi connectivity index (χ1n) is 8.40. The highest BCUT2D eigenvalue weighted by Gasteiger charge is 2.30. The van der Waals surface area contributed by atoms with Gasteiger partial charge in [0.25, 0.3) is 0 Å². The van der Waals surface area contributed by atoms with Crippen LogP contribution in [0.5, 0.6) is 0 Å². The zero-order valence-electron chi connectivity index (χ0n) is 15.3. The first kappa shape index (κ1) is 18.2. The van der Waals surface area contributed by atoms with Gasteiger partial charge in [0.05, 0.1) is 6.42 Å². The van der Waals surface area contributed by atoms with Crippen molar-refractivity contribution in [2.45, 2.75) is 33.2 Å². The molecule has 1 atom stereocenters. The van der Waals surface area contributed by atoms with Crippen LogP contribution in [-0.2, 0) is 16.0 Å². The number of H-pyrrole nitrogens is 1. The van der Waals surface area contributed by atoms with E-state index in [1.165, 1.54) is 16.2 Å². The quantitative estimate of drug-likeness (QED) is 0.713. The number of aromatic amines is 1. The fourth-order valence-corrected chi connectivity index (χ4v) is 4.24. The molecule has 0 aliphatic heterocycles. The molecule has 136 valence electrons. The van der Waals surface area contributed by atoms with Crippen molar-refractivity contribution in [3.05, 3.63) is 56.9 Å². The van der Waals surface area contributed by atoms with E-state index in [-0.39, 0.29) is 12.3 Å². The molecule has 0 aliphatic carbocycles. The molecule has 3 aromatic rings. The van der Waals surface area contributed by atoms with Crippen LogP contribution in [0.3, 0.4) is 0 Å². The largest absolute Gasteiger partial charge is 0.479 e. The van der Waals surface area contributed by atoms with Crippen molar-refractivity contribution < 1.29 is 14.7 Å². The Bertz CT molecular complexity index is 973. The Morgan fingerprint density at radius 2 is 1.88 bits per heavy atom. The Balaban J connectivity index is 1.95. The summed E-state index contributed by atoms with van der Waals surface area (Å²) in [6, 6.07) is 6.69. The highest BCUT2D eigenvalue weighted by molar-refractivity contribution is 7.10. The Morgan fingerprint density at radius 3 is 2.50 bits per heavy atom. The number of aliphatic carboxylic acids is 1. The van der Waals surface area contributed by atoms with Crippen molar-refractivity contribution >= 4 is 34.1 Å². The number of aromatic nitrogens is 1. The monoisotopic (exact) mass is 370 g/mol. The summed E-state index contributed by atoms with van der Waals surface area (Å²) in [6.07, 6.45) is 0.168. The van der Waals surface area contributed by atoms with E-state index in [0.29, 0.717) is 4.88 Å². The number of nitrogens with one attached hydrogen (secondary N) is 1. The minimum Gasteiger partial charge on any atom is -0.479 e. The molecule has 0 unspecified atom stereocenters. The third kappa shape index (κ3) is 3.12. The molecule has 0 bridgehead atoms. The third-order valence-corrected chi connectivity index (χ3v) is 5.77. The summed E-state index contributed by atoms with van der Waals surface area (Å²) >= 11 is 1.34. The van der Waals surface area contributed by atoms with Crippen LogP contribution in [0.4, 0.5) is 0 Å². The van der Waals surface area contributed by atoms with E-state index >= 15 is 0 Å². The van der Waals surface area contributed by atoms with Crippen LogP contribution in [0.2, 0.25) is 0 Å². The van der Waals surface area contributed by atoms with E-state index in [1.807, 2.05) is 32.2 Å². The molecule has 0 saturated heterocycles. The molecule has 0 aliphatic rings. The average Bonchev–Trinajstić information content (AvgIpc) is 3.20. The minimum atomic E-state index is -1.02. The number of hydrogen-bond acceptors (Lipinski definition) is 3. The average molecular weight is 370 g/mol. The van der Waals surface area contributed by atoms with Gasteiger partial charge in [-0.25, -0.2) is 4.79 Å². The smallest absolute Gasteiger partial charge is 0.331 e. The number of benzene rings is 1. The fourth-order valence-electron chi connectivity index (χ4n) is 3.38. The Labute approximate surface area is 156 Å². The van der Waals surface area contributed by atoms with E-state index in [4.69, 9.17) is 0 Å². The molecule has 1 amide bonds. The summed E-state index contributed by atoms with van der Waals surface area (Å²) < 4.78 is 0. The topological polar surface area (TPSA) is 73.4 Å². The second-order valence-corrected chi connectivity index (χ2v) is 7.59. The van der Waals surface area contributed by atoms with Gasteiger partial charge in [-0.15, -0.1) is 11.3 Å². The molecule has 1 aromatic carbocycles. The number of nitrogens with zero attached hydrogens (tertiary/aromatic N) is 1. The zero-order chi connectivity index (χ0) is 19.0. The van der Waals surface area contributed by atoms with E-state index in [1.54, 1.807) is 19.2 Å². The van der Waals surface area contributed by atoms with E-state index < -0.39 is 12.0 Å². The Kier molecular flexibility index (Phi) is 4.87. The fraction of sp³-hybridized carbons (Fsp3) is 0.300. The van der Waals surface area contributed by atoms with Crippen LogP contribution < -0.4 is 0 Å². The van der Waals surface area contributed by atoms with Crippen molar-refractivity contribution in [2.75, 3.05) is 7.05 Å². The molecule has 2 aromatic heterocycles. The number of carbonyl (C=O) groups is 2. The summed E-state index contributed by atoms with van der Waals surface area (Å²) in [7, 11) is 1.56. The molecular formula is C20H22N2O3S. The Morgan fingerprint density at radius 1 is 1.19 bits per heavy atom. The van der Waals surface area contributed by atoms with Gasteiger partial charge < -0.3 is 15.0 Å². The molecule has 0 spiro atoms. The molecule has 0 radical (unpaired) electrons. The maximum atomic E-state index is 12.9. The normalized spacial score (nSPS) is 12.3. The molecule has 0 saturated carbocycles. The summed E-state index contributed by atoms with van der Waals surface area (Å²) in [5.74, 6) is -1.23. The maximum absolute atomic E-state index is 12.9. The lowest BCUT2D eigenvalue weighted by Gasteiger charge is -2.24. The lowest BCUT2D eigenvalue weighted by atomic mass is 10.0. The van der Waals surface area contributed by atoms with Gasteiger partial charge in [0.15, 0.2) is 6.04 Å². The van der Waals surface area contributed by atoms with Gasteiger partial charge in [-0.3, -0.25) is 4.79 Å². The highest BCUT2D eigenvalue weighted by Crippen LogP contribution is 2.30. The van der Waals surface area contributed by atoms with Crippen molar-refractivity contribution in [3.63, 3.8) is 0 Å². The molecule has 5 nitrogen and oxygen atoms in total. The van der Waals surface area contributed by atoms with Crippen molar-refractivity contribution in [2.24, 2.45) is 0 Å². The number of rotatable bonds is 5. The number of likely N-dealkylation sites (N-methyl/N-ethyl adjacent to an activating group) is 1. The summed E-state index contributed by atoms with van der Waals surface area (Å²) in [5, 5.41) is 12.5. The lowest BCUT2D eigenvalue weighted by Crippen LogP contribution is -2.36. The third-order valence-electron chi connectivity index (χ3n) is 4.84. The van der Waals surface area contributed by atoms with Crippen molar-refractivity contribution in [3.8, 4) is 0 Å². The molecular weight excluding hydrogens is 348 g/mol. The van der Waals surface area contributed by atoms with Crippen LogP contribution in [0.1, 0.15) is 33.3 Å². The molecule has 6 heteroatoms. The van der Waals surface area contributed by atoms with Gasteiger partial charge in [0, 0.05) is 28.5 Å². The predicted octanol–water partition coefficient (Wildman–Crippen LogP) is 3.98. The summed E-state index contributed by atoms with van der Waals surface area (Å²) in [6.45, 7) is 6.01. The number of thiophene rings is 1. The molecule has 26 heavy (non-hydrogen) atoms. The number of amides is 1. The van der Waals surface area contributed by atoms with E-state index in [2.05, 4.69) is 11.1 Å². The number of hydrogen-bond donors (Lipinski definition) is 2. The SMILES string of the molecule is Cc1[nH]c2c(C)ccc(C)c2c1CC(=O)N(C)[C@H](C(=O)O)c1cccs1. The number of fused-ring (bicyclic) bond motifs is 1. The van der Waals surface area contributed by atoms with Gasteiger partial charge >= 0.3 is 5.97 Å². The number of carboxylic acid groups (broad SMARTS) is 1. The van der Waals surface area contributed by atoms with Gasteiger partial charge in [0.1, 0.15) is 0 Å². The van der Waals surface area contributed by atoms with Gasteiger partial charge in [-0.05, 0) is 48.9 Å². The maximum Gasteiger partial charge on any atom is 0.331 e. The molecule has 3 rings (SSSR count). The lowest BCUT2D eigenvalue weighted by molar-refractivity contribution is -0.149. The summed E-state index contributed by atoms with van der Waals surface area (Å²) in [4.78, 5) is 30.0. The number of aryl methyl sites for hydroxylation is 3. The van der Waals surface area contributed by atoms with E-state index in [0.717, 1.165) is 33.3 Å². The van der Waals surface area contributed by atoms with Crippen LogP contribution in [0, 0.1) is 20.8 Å². The van der Waals surface area contributed by atoms with Crippen LogP contribution >= 0.6 is 11.3 Å². The van der Waals surface area contributed by atoms with Crippen molar-refractivity contribution in [1.82, 2.24) is 9.88 Å². The van der Waals surface area contributed by atoms with Crippen LogP contribution in [0.25, 0.3) is 10.9 Å². The standard InChI is InChI=1S/C20H22N2O3S/c1-11-7-8-12(2)18-17(11)14(13(3)21-18)10-16(23)22(4)19(20(24)25)15-6-5-9-26-15/h5-9,19,21H,10H2,1-4H3,(H,24,25)/t19-/m0/s1. The van der Waals surface area contributed by atoms with Crippen LogP contribution in [0.15, 0.2) is 29.6 Å². The second kappa shape index (κ2) is 6.96. The molecule has 2 N–H and O–H groups in total. The van der Waals surface area contributed by atoms with Gasteiger partial charge in [-0.1, -0.05) is 18.2 Å². The first-order chi connectivity index (χ1) is 12.3. The van der Waals surface area contributed by atoms with Crippen molar-refractivity contribution in [1.29, 1.82) is 0 Å². The van der Waals surface area contributed by atoms with E-state index in [9.17, 15) is 14.7 Å². The Hall–Kier alpha value is -2.60. The molecule has 2 heterocycles. The second-order valence-electron chi connectivity index (χ2n) is 6.62. The van der Waals surface area contributed by atoms with Crippen LogP contribution in [-0.4, -0.2) is 33.9 Å². The number of carboxylic acids is 1. The molecule has 0 fully saturated rings. The minimum absolute atomic E-state index is 0.168. The highest BCUT2D eigenvalue weighted by atomic mass is 32.1. The first-order valence-corrected chi connectivity index (χ1v) is 9.28.